The molecule has 2 aromatic rings. The summed E-state index contributed by atoms with van der Waals surface area (Å²) in [6.45, 7) is 1.41. The standard InChI is InChI=1S/C19H24N4O2/c24-16-10-19(12-23-16)6-3-13(4-7-19)18(25)21-9-5-14-11-22-15-2-1-8-20-17(14)15/h1-2,8,11,13,22H,3-7,9-10,12H2,(H,21,25)(H,23,24). The SMILES string of the molecule is O=C1CC2(CCC(C(=O)NCCc3c[nH]c4cccnc34)CC2)CN1. The topological polar surface area (TPSA) is 86.9 Å². The molecule has 1 spiro atoms. The van der Waals surface area contributed by atoms with Crippen molar-refractivity contribution in [1.82, 2.24) is 20.6 Å². The molecule has 4 rings (SSSR count). The van der Waals surface area contributed by atoms with Crippen molar-refractivity contribution in [3.8, 4) is 0 Å². The van der Waals surface area contributed by atoms with E-state index in [2.05, 4.69) is 20.6 Å². The molecule has 2 fully saturated rings. The Bertz CT molecular complexity index is 790. The van der Waals surface area contributed by atoms with Gasteiger partial charge in [0.2, 0.25) is 11.8 Å². The molecule has 25 heavy (non-hydrogen) atoms. The number of fused-ring (bicyclic) bond motifs is 1. The zero-order valence-electron chi connectivity index (χ0n) is 14.3. The third-order valence-electron chi connectivity index (χ3n) is 5.82. The molecule has 0 atom stereocenters. The van der Waals surface area contributed by atoms with E-state index in [4.69, 9.17) is 0 Å². The van der Waals surface area contributed by atoms with Crippen LogP contribution in [0, 0.1) is 11.3 Å². The molecule has 6 nitrogen and oxygen atoms in total. The molecule has 0 unspecified atom stereocenters. The zero-order valence-corrected chi connectivity index (χ0v) is 14.3. The molecule has 3 heterocycles. The number of H-pyrrole nitrogens is 1. The van der Waals surface area contributed by atoms with Gasteiger partial charge in [-0.25, -0.2) is 0 Å². The summed E-state index contributed by atoms with van der Waals surface area (Å²) < 4.78 is 0. The van der Waals surface area contributed by atoms with Crippen molar-refractivity contribution in [3.63, 3.8) is 0 Å². The highest BCUT2D eigenvalue weighted by Gasteiger charge is 2.42. The van der Waals surface area contributed by atoms with Crippen LogP contribution in [0.1, 0.15) is 37.7 Å². The highest BCUT2D eigenvalue weighted by atomic mass is 16.2. The maximum atomic E-state index is 12.4. The van der Waals surface area contributed by atoms with Crippen LogP contribution in [0.15, 0.2) is 24.5 Å². The van der Waals surface area contributed by atoms with Crippen LogP contribution in [0.4, 0.5) is 0 Å². The molecular weight excluding hydrogens is 316 g/mol. The summed E-state index contributed by atoms with van der Waals surface area (Å²) >= 11 is 0. The summed E-state index contributed by atoms with van der Waals surface area (Å²) in [6, 6.07) is 3.92. The predicted octanol–water partition coefficient (Wildman–Crippen LogP) is 1.92. The molecule has 0 aromatic carbocycles. The van der Waals surface area contributed by atoms with E-state index in [1.54, 1.807) is 6.20 Å². The minimum atomic E-state index is 0.0856. The van der Waals surface area contributed by atoms with E-state index in [0.717, 1.165) is 55.2 Å². The molecule has 2 amide bonds. The number of hydrogen-bond acceptors (Lipinski definition) is 3. The Hall–Kier alpha value is -2.37. The number of nitrogens with one attached hydrogen (secondary N) is 3. The summed E-state index contributed by atoms with van der Waals surface area (Å²) in [5, 5.41) is 6.02. The van der Waals surface area contributed by atoms with Gasteiger partial charge in [-0.3, -0.25) is 14.6 Å². The molecule has 1 aliphatic heterocycles. The Kier molecular flexibility index (Phi) is 4.19. The number of aromatic amines is 1. The smallest absolute Gasteiger partial charge is 0.223 e. The third-order valence-corrected chi connectivity index (χ3v) is 5.82. The first-order valence-electron chi connectivity index (χ1n) is 9.11. The first-order valence-corrected chi connectivity index (χ1v) is 9.11. The van der Waals surface area contributed by atoms with Crippen LogP contribution in [0.25, 0.3) is 11.0 Å². The van der Waals surface area contributed by atoms with Crippen LogP contribution >= 0.6 is 0 Å². The van der Waals surface area contributed by atoms with Crippen molar-refractivity contribution in [2.24, 2.45) is 11.3 Å². The minimum Gasteiger partial charge on any atom is -0.360 e. The van der Waals surface area contributed by atoms with Gasteiger partial charge in [-0.2, -0.15) is 0 Å². The summed E-state index contributed by atoms with van der Waals surface area (Å²) in [5.41, 5.74) is 3.26. The Balaban J connectivity index is 1.26. The Morgan fingerprint density at radius 1 is 1.36 bits per heavy atom. The maximum Gasteiger partial charge on any atom is 0.223 e. The van der Waals surface area contributed by atoms with Gasteiger partial charge in [-0.15, -0.1) is 0 Å². The lowest BCUT2D eigenvalue weighted by molar-refractivity contribution is -0.126. The second-order valence-electron chi connectivity index (χ2n) is 7.48. The summed E-state index contributed by atoms with van der Waals surface area (Å²) in [4.78, 5) is 31.5. The summed E-state index contributed by atoms with van der Waals surface area (Å²) in [6.07, 6.45) is 8.88. The molecule has 2 aliphatic rings. The average molecular weight is 340 g/mol. The number of carbonyl (C=O) groups is 2. The summed E-state index contributed by atoms with van der Waals surface area (Å²) in [7, 11) is 0. The van der Waals surface area contributed by atoms with Gasteiger partial charge in [0.25, 0.3) is 0 Å². The van der Waals surface area contributed by atoms with Crippen LogP contribution in [0.5, 0.6) is 0 Å². The number of amides is 2. The van der Waals surface area contributed by atoms with E-state index in [1.165, 1.54) is 0 Å². The number of aromatic nitrogens is 2. The van der Waals surface area contributed by atoms with Crippen molar-refractivity contribution in [2.45, 2.75) is 38.5 Å². The molecule has 6 heteroatoms. The molecule has 1 aliphatic carbocycles. The van der Waals surface area contributed by atoms with E-state index in [-0.39, 0.29) is 23.1 Å². The van der Waals surface area contributed by atoms with Crippen molar-refractivity contribution in [3.05, 3.63) is 30.1 Å². The van der Waals surface area contributed by atoms with E-state index >= 15 is 0 Å². The van der Waals surface area contributed by atoms with Gasteiger partial charge in [0.05, 0.1) is 11.0 Å². The number of carbonyl (C=O) groups excluding carboxylic acids is 2. The van der Waals surface area contributed by atoms with Gasteiger partial charge in [-0.1, -0.05) is 0 Å². The van der Waals surface area contributed by atoms with Crippen molar-refractivity contribution in [1.29, 1.82) is 0 Å². The largest absolute Gasteiger partial charge is 0.360 e. The molecule has 0 radical (unpaired) electrons. The van der Waals surface area contributed by atoms with Gasteiger partial charge in [0.1, 0.15) is 0 Å². The molecular formula is C19H24N4O2. The fourth-order valence-corrected chi connectivity index (χ4v) is 4.26. The van der Waals surface area contributed by atoms with Crippen LogP contribution in [-0.4, -0.2) is 34.9 Å². The normalized spacial score (nSPS) is 26.1. The third kappa shape index (κ3) is 3.25. The first-order chi connectivity index (χ1) is 12.2. The number of pyridine rings is 1. The Morgan fingerprint density at radius 3 is 2.96 bits per heavy atom. The quantitative estimate of drug-likeness (QED) is 0.795. The van der Waals surface area contributed by atoms with Gasteiger partial charge in [0.15, 0.2) is 0 Å². The predicted molar refractivity (Wildman–Crippen MR) is 94.8 cm³/mol. The van der Waals surface area contributed by atoms with E-state index in [0.29, 0.717) is 13.0 Å². The minimum absolute atomic E-state index is 0.0856. The van der Waals surface area contributed by atoms with Crippen molar-refractivity contribution >= 4 is 22.8 Å². The summed E-state index contributed by atoms with van der Waals surface area (Å²) in [5.74, 6) is 0.401. The zero-order chi connectivity index (χ0) is 17.3. The average Bonchev–Trinajstić information content (AvgIpc) is 3.20. The monoisotopic (exact) mass is 340 g/mol. The van der Waals surface area contributed by atoms with E-state index in [1.807, 2.05) is 18.3 Å². The lowest BCUT2D eigenvalue weighted by Gasteiger charge is -2.35. The van der Waals surface area contributed by atoms with Gasteiger partial charge >= 0.3 is 0 Å². The van der Waals surface area contributed by atoms with E-state index < -0.39 is 0 Å². The first kappa shape index (κ1) is 16.1. The molecule has 0 bridgehead atoms. The molecule has 3 N–H and O–H groups in total. The van der Waals surface area contributed by atoms with Crippen LogP contribution in [0.3, 0.4) is 0 Å². The lowest BCUT2D eigenvalue weighted by atomic mass is 9.70. The number of nitrogens with zero attached hydrogens (tertiary/aromatic N) is 1. The van der Waals surface area contributed by atoms with Crippen LogP contribution in [-0.2, 0) is 16.0 Å². The fourth-order valence-electron chi connectivity index (χ4n) is 4.26. The van der Waals surface area contributed by atoms with E-state index in [9.17, 15) is 9.59 Å². The molecule has 1 saturated heterocycles. The second-order valence-corrected chi connectivity index (χ2v) is 7.48. The maximum absolute atomic E-state index is 12.4. The Labute approximate surface area is 146 Å². The molecule has 2 aromatic heterocycles. The number of hydrogen-bond donors (Lipinski definition) is 3. The molecule has 132 valence electrons. The lowest BCUT2D eigenvalue weighted by Crippen LogP contribution is -2.38. The van der Waals surface area contributed by atoms with Gasteiger partial charge in [0, 0.05) is 37.8 Å². The highest BCUT2D eigenvalue weighted by molar-refractivity contribution is 5.81. The fraction of sp³-hybridized carbons (Fsp3) is 0.526. The van der Waals surface area contributed by atoms with Gasteiger partial charge < -0.3 is 15.6 Å². The Morgan fingerprint density at radius 2 is 2.20 bits per heavy atom. The highest BCUT2D eigenvalue weighted by Crippen LogP contribution is 2.43. The van der Waals surface area contributed by atoms with Crippen LogP contribution < -0.4 is 10.6 Å². The van der Waals surface area contributed by atoms with Crippen molar-refractivity contribution in [2.75, 3.05) is 13.1 Å². The van der Waals surface area contributed by atoms with Crippen molar-refractivity contribution < 1.29 is 9.59 Å². The second kappa shape index (κ2) is 6.50. The van der Waals surface area contributed by atoms with Gasteiger partial charge in [-0.05, 0) is 55.2 Å². The number of rotatable bonds is 4. The van der Waals surface area contributed by atoms with Crippen LogP contribution in [0.2, 0.25) is 0 Å². The molecule has 1 saturated carbocycles.